The van der Waals surface area contributed by atoms with E-state index in [-0.39, 0.29) is 5.97 Å². The molecule has 1 aliphatic rings. The largest absolute Gasteiger partial charge is 0.465 e. The van der Waals surface area contributed by atoms with Crippen molar-refractivity contribution in [2.45, 2.75) is 31.6 Å². The summed E-state index contributed by atoms with van der Waals surface area (Å²) in [6.45, 7) is 2.55. The van der Waals surface area contributed by atoms with Crippen molar-refractivity contribution < 1.29 is 9.53 Å². The second-order valence-electron chi connectivity index (χ2n) is 5.02. The molecule has 18 heavy (non-hydrogen) atoms. The number of hydrogen-bond donors (Lipinski definition) is 1. The summed E-state index contributed by atoms with van der Waals surface area (Å²) >= 11 is 0. The van der Waals surface area contributed by atoms with Crippen molar-refractivity contribution in [3.05, 3.63) is 35.9 Å². The maximum Gasteiger partial charge on any atom is 0.317 e. The van der Waals surface area contributed by atoms with Gasteiger partial charge < -0.3 is 10.5 Å². The summed E-state index contributed by atoms with van der Waals surface area (Å²) < 4.78 is 5.26. The van der Waals surface area contributed by atoms with E-state index in [9.17, 15) is 4.79 Å². The van der Waals surface area contributed by atoms with Gasteiger partial charge in [-0.25, -0.2) is 0 Å². The van der Waals surface area contributed by atoms with Gasteiger partial charge in [0.2, 0.25) is 0 Å². The molecule has 2 N–H and O–H groups in total. The molecule has 1 saturated carbocycles. The van der Waals surface area contributed by atoms with Crippen molar-refractivity contribution in [3.8, 4) is 0 Å². The molecule has 1 unspecified atom stereocenters. The molecule has 0 heterocycles. The molecule has 1 fully saturated rings. The average molecular weight is 247 g/mol. The Kier molecular flexibility index (Phi) is 4.02. The number of rotatable bonds is 6. The topological polar surface area (TPSA) is 52.3 Å². The molecular weight excluding hydrogens is 226 g/mol. The molecule has 0 amide bonds. The van der Waals surface area contributed by atoms with Crippen LogP contribution in [0.3, 0.4) is 0 Å². The second kappa shape index (κ2) is 5.53. The molecule has 0 spiro atoms. The molecule has 2 rings (SSSR count). The lowest BCUT2D eigenvalue weighted by Gasteiger charge is -2.30. The molecule has 0 aromatic heterocycles. The smallest absolute Gasteiger partial charge is 0.317 e. The molecule has 3 heteroatoms. The third kappa shape index (κ3) is 2.56. The van der Waals surface area contributed by atoms with E-state index in [1.165, 1.54) is 12.8 Å². The van der Waals surface area contributed by atoms with Gasteiger partial charge in [-0.05, 0) is 24.8 Å². The highest BCUT2D eigenvalue weighted by Gasteiger charge is 2.44. The molecule has 1 aromatic carbocycles. The first kappa shape index (κ1) is 13.1. The highest BCUT2D eigenvalue weighted by Crippen LogP contribution is 2.42. The predicted molar refractivity (Wildman–Crippen MR) is 71.1 cm³/mol. The van der Waals surface area contributed by atoms with E-state index in [0.29, 0.717) is 19.1 Å². The van der Waals surface area contributed by atoms with Crippen LogP contribution in [-0.4, -0.2) is 19.1 Å². The zero-order valence-corrected chi connectivity index (χ0v) is 10.9. The summed E-state index contributed by atoms with van der Waals surface area (Å²) in [5, 5.41) is 0. The highest BCUT2D eigenvalue weighted by molar-refractivity contribution is 5.83. The predicted octanol–water partition coefficient (Wildman–Crippen LogP) is 2.25. The van der Waals surface area contributed by atoms with E-state index in [1.807, 2.05) is 37.3 Å². The Morgan fingerprint density at radius 3 is 2.56 bits per heavy atom. The quantitative estimate of drug-likeness (QED) is 0.784. The Morgan fingerprint density at radius 2 is 2.06 bits per heavy atom. The third-order valence-electron chi connectivity index (χ3n) is 3.68. The third-order valence-corrected chi connectivity index (χ3v) is 3.68. The fourth-order valence-corrected chi connectivity index (χ4v) is 2.44. The van der Waals surface area contributed by atoms with Gasteiger partial charge in [0.1, 0.15) is 5.41 Å². The maximum absolute atomic E-state index is 12.4. The van der Waals surface area contributed by atoms with Gasteiger partial charge in [-0.15, -0.1) is 0 Å². The van der Waals surface area contributed by atoms with Crippen LogP contribution in [0.4, 0.5) is 0 Å². The first-order chi connectivity index (χ1) is 8.73. The van der Waals surface area contributed by atoms with Crippen LogP contribution in [0.2, 0.25) is 0 Å². The van der Waals surface area contributed by atoms with Crippen molar-refractivity contribution in [3.63, 3.8) is 0 Å². The standard InChI is InChI=1S/C15H21NO2/c1-2-18-14(17)15(11-16,10-12-8-9-12)13-6-4-3-5-7-13/h3-7,12H,2,8-11,16H2,1H3. The molecule has 0 bridgehead atoms. The SMILES string of the molecule is CCOC(=O)C(CN)(CC1CC1)c1ccccc1. The number of nitrogens with two attached hydrogens (primary N) is 1. The summed E-state index contributed by atoms with van der Waals surface area (Å²) in [6, 6.07) is 9.81. The lowest BCUT2D eigenvalue weighted by atomic mass is 9.76. The Morgan fingerprint density at radius 1 is 1.39 bits per heavy atom. The fraction of sp³-hybridized carbons (Fsp3) is 0.533. The Labute approximate surface area is 108 Å². The van der Waals surface area contributed by atoms with Gasteiger partial charge >= 0.3 is 5.97 Å². The minimum absolute atomic E-state index is 0.175. The van der Waals surface area contributed by atoms with Crippen LogP contribution in [0.15, 0.2) is 30.3 Å². The number of esters is 1. The summed E-state index contributed by atoms with van der Waals surface area (Å²) in [4.78, 5) is 12.4. The summed E-state index contributed by atoms with van der Waals surface area (Å²) in [5.41, 5.74) is 6.28. The van der Waals surface area contributed by atoms with Crippen molar-refractivity contribution >= 4 is 5.97 Å². The van der Waals surface area contributed by atoms with Gasteiger partial charge in [0, 0.05) is 6.54 Å². The zero-order chi connectivity index (χ0) is 13.0. The van der Waals surface area contributed by atoms with Crippen LogP contribution in [-0.2, 0) is 14.9 Å². The zero-order valence-electron chi connectivity index (χ0n) is 10.9. The Balaban J connectivity index is 2.32. The number of carbonyl (C=O) groups excluding carboxylic acids is 1. The van der Waals surface area contributed by atoms with Gasteiger partial charge in [0.15, 0.2) is 0 Å². The van der Waals surface area contributed by atoms with Crippen molar-refractivity contribution in [1.29, 1.82) is 0 Å². The van der Waals surface area contributed by atoms with E-state index in [1.54, 1.807) is 0 Å². The van der Waals surface area contributed by atoms with Crippen molar-refractivity contribution in [1.82, 2.24) is 0 Å². The molecule has 98 valence electrons. The number of carbonyl (C=O) groups is 1. The van der Waals surface area contributed by atoms with Gasteiger partial charge in [-0.3, -0.25) is 4.79 Å². The van der Waals surface area contributed by atoms with Crippen molar-refractivity contribution in [2.75, 3.05) is 13.2 Å². The van der Waals surface area contributed by atoms with Crippen molar-refractivity contribution in [2.24, 2.45) is 11.7 Å². The normalized spacial score (nSPS) is 18.1. The second-order valence-corrected chi connectivity index (χ2v) is 5.02. The van der Waals surface area contributed by atoms with E-state index < -0.39 is 5.41 Å². The van der Waals surface area contributed by atoms with Gasteiger partial charge in [0.05, 0.1) is 6.61 Å². The number of hydrogen-bond acceptors (Lipinski definition) is 3. The van der Waals surface area contributed by atoms with Crippen LogP contribution in [0.5, 0.6) is 0 Å². The minimum Gasteiger partial charge on any atom is -0.465 e. The summed E-state index contributed by atoms with van der Waals surface area (Å²) in [5.74, 6) is 0.448. The van der Waals surface area contributed by atoms with Gasteiger partial charge in [-0.1, -0.05) is 43.2 Å². The van der Waals surface area contributed by atoms with E-state index in [4.69, 9.17) is 10.5 Å². The van der Waals surface area contributed by atoms with Crippen LogP contribution < -0.4 is 5.73 Å². The molecule has 1 aliphatic carbocycles. The maximum atomic E-state index is 12.4. The number of ether oxygens (including phenoxy) is 1. The molecule has 0 saturated heterocycles. The van der Waals surface area contributed by atoms with E-state index in [0.717, 1.165) is 12.0 Å². The molecule has 1 aromatic rings. The minimum atomic E-state index is -0.654. The first-order valence-corrected chi connectivity index (χ1v) is 6.65. The monoisotopic (exact) mass is 247 g/mol. The average Bonchev–Trinajstić information content (AvgIpc) is 3.21. The lowest BCUT2D eigenvalue weighted by Crippen LogP contribution is -2.44. The first-order valence-electron chi connectivity index (χ1n) is 6.65. The Hall–Kier alpha value is -1.35. The van der Waals surface area contributed by atoms with Crippen LogP contribution >= 0.6 is 0 Å². The van der Waals surface area contributed by atoms with Crippen LogP contribution in [0.25, 0.3) is 0 Å². The van der Waals surface area contributed by atoms with Crippen LogP contribution in [0, 0.1) is 5.92 Å². The molecule has 3 nitrogen and oxygen atoms in total. The molecule has 0 aliphatic heterocycles. The summed E-state index contributed by atoms with van der Waals surface area (Å²) in [7, 11) is 0. The molecular formula is C15H21NO2. The fourth-order valence-electron chi connectivity index (χ4n) is 2.44. The van der Waals surface area contributed by atoms with Crippen LogP contribution in [0.1, 0.15) is 31.7 Å². The van der Waals surface area contributed by atoms with E-state index in [2.05, 4.69) is 0 Å². The Bertz CT molecular complexity index is 400. The molecule has 0 radical (unpaired) electrons. The lowest BCUT2D eigenvalue weighted by molar-refractivity contribution is -0.150. The van der Waals surface area contributed by atoms with Gasteiger partial charge in [0.25, 0.3) is 0 Å². The highest BCUT2D eigenvalue weighted by atomic mass is 16.5. The van der Waals surface area contributed by atoms with E-state index >= 15 is 0 Å². The van der Waals surface area contributed by atoms with Gasteiger partial charge in [-0.2, -0.15) is 0 Å². The molecule has 1 atom stereocenters. The number of benzene rings is 1. The summed E-state index contributed by atoms with van der Waals surface area (Å²) in [6.07, 6.45) is 3.22.